The molecular weight excluding hydrogens is 350 g/mol. The highest BCUT2D eigenvalue weighted by Crippen LogP contribution is 2.19. The van der Waals surface area contributed by atoms with Crippen molar-refractivity contribution in [1.82, 2.24) is 15.8 Å². The summed E-state index contributed by atoms with van der Waals surface area (Å²) in [6, 6.07) is 7.03. The van der Waals surface area contributed by atoms with Crippen molar-refractivity contribution >= 4 is 17.8 Å². The van der Waals surface area contributed by atoms with Crippen molar-refractivity contribution in [1.29, 1.82) is 0 Å². The number of H-pyrrole nitrogens is 1. The molecule has 144 valence electrons. The van der Waals surface area contributed by atoms with Gasteiger partial charge in [0.25, 0.3) is 11.8 Å². The normalized spacial score (nSPS) is 10.4. The zero-order chi connectivity index (χ0) is 20.0. The first-order valence-electron chi connectivity index (χ1n) is 8.38. The molecule has 0 bridgehead atoms. The predicted octanol–water partition coefficient (Wildman–Crippen LogP) is 1.82. The van der Waals surface area contributed by atoms with E-state index in [1.54, 1.807) is 39.0 Å². The highest BCUT2D eigenvalue weighted by molar-refractivity contribution is 6.02. The summed E-state index contributed by atoms with van der Waals surface area (Å²) in [7, 11) is 1.51. The number of hydrogen-bond donors (Lipinski definition) is 3. The number of hydrazine groups is 1. The molecule has 0 radical (unpaired) electrons. The molecule has 0 saturated carbocycles. The first kappa shape index (κ1) is 20.2. The van der Waals surface area contributed by atoms with E-state index in [9.17, 15) is 14.4 Å². The minimum Gasteiger partial charge on any atom is -0.460 e. The van der Waals surface area contributed by atoms with Crippen LogP contribution in [0, 0.1) is 20.8 Å². The number of rotatable bonds is 6. The predicted molar refractivity (Wildman–Crippen MR) is 98.5 cm³/mol. The Morgan fingerprint density at radius 3 is 2.33 bits per heavy atom. The van der Waals surface area contributed by atoms with Crippen LogP contribution in [0.25, 0.3) is 0 Å². The molecule has 0 unspecified atom stereocenters. The number of amides is 2. The van der Waals surface area contributed by atoms with Crippen molar-refractivity contribution in [3.05, 3.63) is 57.9 Å². The number of nitrogens with one attached hydrogen (secondary N) is 3. The van der Waals surface area contributed by atoms with E-state index in [2.05, 4.69) is 15.8 Å². The molecule has 8 nitrogen and oxygen atoms in total. The van der Waals surface area contributed by atoms with Gasteiger partial charge in [-0.15, -0.1) is 0 Å². The molecule has 3 N–H and O–H groups in total. The van der Waals surface area contributed by atoms with Crippen molar-refractivity contribution in [3.8, 4) is 0 Å². The smallest absolute Gasteiger partial charge is 0.340 e. The summed E-state index contributed by atoms with van der Waals surface area (Å²) in [4.78, 5) is 39.6. The van der Waals surface area contributed by atoms with E-state index in [1.165, 1.54) is 7.11 Å². The van der Waals surface area contributed by atoms with Gasteiger partial charge in [0, 0.05) is 18.4 Å². The standard InChI is InChI=1S/C19H23N3O5/c1-11-7-5-6-8-14(11)17(23)21-22-18(24)16-12(2)15(13(3)20-16)19(25)27-10-9-26-4/h5-8,20H,9-10H2,1-4H3,(H,21,23)(H,22,24). The summed E-state index contributed by atoms with van der Waals surface area (Å²) < 4.78 is 9.95. The molecule has 1 aromatic heterocycles. The van der Waals surface area contributed by atoms with E-state index in [0.29, 0.717) is 22.4 Å². The molecule has 0 fully saturated rings. The Morgan fingerprint density at radius 2 is 1.67 bits per heavy atom. The lowest BCUT2D eigenvalue weighted by Crippen LogP contribution is -2.42. The Hall–Kier alpha value is -3.13. The molecule has 0 spiro atoms. The van der Waals surface area contributed by atoms with Gasteiger partial charge >= 0.3 is 5.97 Å². The van der Waals surface area contributed by atoms with E-state index in [0.717, 1.165) is 5.56 Å². The monoisotopic (exact) mass is 373 g/mol. The van der Waals surface area contributed by atoms with E-state index >= 15 is 0 Å². The lowest BCUT2D eigenvalue weighted by atomic mass is 10.1. The molecule has 2 amide bonds. The lowest BCUT2D eigenvalue weighted by Gasteiger charge is -2.09. The average Bonchev–Trinajstić information content (AvgIpc) is 2.94. The largest absolute Gasteiger partial charge is 0.460 e. The number of aromatic nitrogens is 1. The zero-order valence-electron chi connectivity index (χ0n) is 15.8. The first-order chi connectivity index (χ1) is 12.9. The van der Waals surface area contributed by atoms with Crippen LogP contribution < -0.4 is 10.9 Å². The van der Waals surface area contributed by atoms with Gasteiger partial charge in [-0.05, 0) is 38.0 Å². The van der Waals surface area contributed by atoms with E-state index in [-0.39, 0.29) is 18.9 Å². The molecular formula is C19H23N3O5. The number of benzene rings is 1. The Morgan fingerprint density at radius 1 is 1.00 bits per heavy atom. The third kappa shape index (κ3) is 4.73. The van der Waals surface area contributed by atoms with E-state index < -0.39 is 17.8 Å². The number of aromatic amines is 1. The maximum absolute atomic E-state index is 12.4. The van der Waals surface area contributed by atoms with Crippen LogP contribution in [-0.4, -0.2) is 43.1 Å². The molecule has 0 aliphatic rings. The molecule has 1 heterocycles. The van der Waals surface area contributed by atoms with Crippen LogP contribution in [0.2, 0.25) is 0 Å². The van der Waals surface area contributed by atoms with Gasteiger partial charge < -0.3 is 14.5 Å². The van der Waals surface area contributed by atoms with Gasteiger partial charge in [0.05, 0.1) is 12.2 Å². The Labute approximate surface area is 157 Å². The summed E-state index contributed by atoms with van der Waals surface area (Å²) in [5.41, 5.74) is 7.39. The fourth-order valence-electron chi connectivity index (χ4n) is 2.64. The van der Waals surface area contributed by atoms with Gasteiger partial charge in [0.15, 0.2) is 0 Å². The topological polar surface area (TPSA) is 110 Å². The number of aryl methyl sites for hydroxylation is 2. The molecule has 0 aliphatic carbocycles. The molecule has 0 aliphatic heterocycles. The minimum absolute atomic E-state index is 0.118. The average molecular weight is 373 g/mol. The number of carbonyl (C=O) groups is 3. The summed E-state index contributed by atoms with van der Waals surface area (Å²) >= 11 is 0. The van der Waals surface area contributed by atoms with Crippen LogP contribution in [-0.2, 0) is 9.47 Å². The quantitative estimate of drug-likeness (QED) is 0.406. The number of methoxy groups -OCH3 is 1. The molecule has 8 heteroatoms. The third-order valence-electron chi connectivity index (χ3n) is 4.07. The Bertz CT molecular complexity index is 857. The number of esters is 1. The Kier molecular flexibility index (Phi) is 6.73. The number of hydrogen-bond acceptors (Lipinski definition) is 5. The third-order valence-corrected chi connectivity index (χ3v) is 4.07. The molecule has 1 aromatic carbocycles. The van der Waals surface area contributed by atoms with E-state index in [4.69, 9.17) is 9.47 Å². The number of carbonyl (C=O) groups excluding carboxylic acids is 3. The Balaban J connectivity index is 2.06. The van der Waals surface area contributed by atoms with Crippen LogP contribution in [0.3, 0.4) is 0 Å². The van der Waals surface area contributed by atoms with Gasteiger partial charge in [-0.1, -0.05) is 18.2 Å². The van der Waals surface area contributed by atoms with Gasteiger partial charge in [-0.3, -0.25) is 20.4 Å². The van der Waals surface area contributed by atoms with Crippen molar-refractivity contribution in [2.75, 3.05) is 20.3 Å². The van der Waals surface area contributed by atoms with E-state index in [1.807, 2.05) is 6.07 Å². The van der Waals surface area contributed by atoms with Crippen molar-refractivity contribution in [2.24, 2.45) is 0 Å². The summed E-state index contributed by atoms with van der Waals surface area (Å²) in [6.07, 6.45) is 0. The zero-order valence-corrected chi connectivity index (χ0v) is 15.8. The lowest BCUT2D eigenvalue weighted by molar-refractivity contribution is 0.0386. The maximum atomic E-state index is 12.4. The molecule has 2 aromatic rings. The van der Waals surface area contributed by atoms with Crippen molar-refractivity contribution in [3.63, 3.8) is 0 Å². The van der Waals surface area contributed by atoms with Crippen molar-refractivity contribution in [2.45, 2.75) is 20.8 Å². The summed E-state index contributed by atoms with van der Waals surface area (Å²) in [5.74, 6) is -1.53. The second kappa shape index (κ2) is 9.00. The highest BCUT2D eigenvalue weighted by Gasteiger charge is 2.23. The maximum Gasteiger partial charge on any atom is 0.340 e. The SMILES string of the molecule is COCCOC(=O)c1c(C)[nH]c(C(=O)NNC(=O)c2ccccc2C)c1C. The van der Waals surface area contributed by atoms with Crippen molar-refractivity contribution < 1.29 is 23.9 Å². The molecule has 0 atom stereocenters. The van der Waals surface area contributed by atoms with Gasteiger partial charge in [0.1, 0.15) is 12.3 Å². The van der Waals surface area contributed by atoms with Crippen LogP contribution in [0.5, 0.6) is 0 Å². The second-order valence-electron chi connectivity index (χ2n) is 5.98. The fourth-order valence-corrected chi connectivity index (χ4v) is 2.64. The fraction of sp³-hybridized carbons (Fsp3) is 0.316. The highest BCUT2D eigenvalue weighted by atomic mass is 16.6. The van der Waals surface area contributed by atoms with Crippen LogP contribution in [0.1, 0.15) is 48.0 Å². The minimum atomic E-state index is -0.562. The van der Waals surface area contributed by atoms with Gasteiger partial charge in [-0.2, -0.15) is 0 Å². The molecule has 0 saturated heterocycles. The van der Waals surface area contributed by atoms with Crippen LogP contribution in [0.15, 0.2) is 24.3 Å². The second-order valence-corrected chi connectivity index (χ2v) is 5.98. The van der Waals surface area contributed by atoms with Gasteiger partial charge in [0.2, 0.25) is 0 Å². The molecule has 2 rings (SSSR count). The van der Waals surface area contributed by atoms with Crippen LogP contribution >= 0.6 is 0 Å². The first-order valence-corrected chi connectivity index (χ1v) is 8.38. The number of ether oxygens (including phenoxy) is 2. The summed E-state index contributed by atoms with van der Waals surface area (Å²) in [5, 5.41) is 0. The summed E-state index contributed by atoms with van der Waals surface area (Å²) in [6.45, 7) is 5.51. The molecule has 27 heavy (non-hydrogen) atoms. The van der Waals surface area contributed by atoms with Gasteiger partial charge in [-0.25, -0.2) is 4.79 Å². The van der Waals surface area contributed by atoms with Crippen LogP contribution in [0.4, 0.5) is 0 Å².